The molecule has 0 aromatic rings. The Bertz CT molecular complexity index is 1190. The molecular weight excluding hydrogens is 608 g/mol. The minimum atomic E-state index is -1.50. The standard InChI is InChI=1S/C39H66N2O7/c1-5-6-7-8-9-25-22-48-34(23(25)2)35(45)37(4,46)32-14-17-39(47)27-18-29(42)28-19-30(43)31(44)20-38(28,26(27)13-15-36(32,39)3)16-12-24-10-11-33(40)41-21-24/h18,23-26,28,30-35,41,43-47H,5-17,19-22,40H2,1-4H3/t23-,24?,25-,26+,28+,30+,31-,32+,33?,34+,35+,36+,37+,38+,39-/m0/s1. The number of hydrogen-bond acceptors (Lipinski definition) is 9. The molecule has 5 fully saturated rings. The topological polar surface area (TPSA) is 166 Å². The molecule has 2 saturated heterocycles. The molecular formula is C39H66N2O7. The van der Waals surface area contributed by atoms with E-state index in [1.807, 2.05) is 0 Å². The average molecular weight is 675 g/mol. The predicted octanol–water partition coefficient (Wildman–Crippen LogP) is 3.97. The highest BCUT2D eigenvalue weighted by Crippen LogP contribution is 2.69. The summed E-state index contributed by atoms with van der Waals surface area (Å²) in [6.07, 6.45) is 10.6. The Labute approximate surface area is 288 Å². The van der Waals surface area contributed by atoms with Crippen LogP contribution in [0.15, 0.2) is 11.6 Å². The number of carbonyl (C=O) groups is 1. The van der Waals surface area contributed by atoms with Crippen molar-refractivity contribution in [3.63, 3.8) is 0 Å². The van der Waals surface area contributed by atoms with Crippen molar-refractivity contribution >= 4 is 5.78 Å². The third-order valence-corrected chi connectivity index (χ3v) is 15.2. The molecule has 9 nitrogen and oxygen atoms in total. The monoisotopic (exact) mass is 674 g/mol. The Kier molecular flexibility index (Phi) is 10.7. The quantitative estimate of drug-likeness (QED) is 0.161. The molecule has 6 aliphatic rings. The van der Waals surface area contributed by atoms with Gasteiger partial charge < -0.3 is 41.3 Å². The molecule has 0 aromatic heterocycles. The highest BCUT2D eigenvalue weighted by molar-refractivity contribution is 5.95. The largest absolute Gasteiger partial charge is 0.390 e. The van der Waals surface area contributed by atoms with Crippen LogP contribution in [0.5, 0.6) is 0 Å². The number of nitrogens with one attached hydrogen (secondary N) is 1. The second-order valence-corrected chi connectivity index (χ2v) is 17.8. The van der Waals surface area contributed by atoms with Crippen molar-refractivity contribution in [1.82, 2.24) is 5.32 Å². The van der Waals surface area contributed by atoms with Crippen LogP contribution in [0.1, 0.15) is 124 Å². The summed E-state index contributed by atoms with van der Waals surface area (Å²) in [5, 5.41) is 62.3. The lowest BCUT2D eigenvalue weighted by atomic mass is 9.44. The predicted molar refractivity (Wildman–Crippen MR) is 184 cm³/mol. The van der Waals surface area contributed by atoms with E-state index in [0.29, 0.717) is 44.1 Å². The maximum Gasteiger partial charge on any atom is 0.159 e. The SMILES string of the molecule is CCCCCC[C@H]1CO[C@@H]([C@@H](O)[C@](C)(O)[C@@H]2CC[C@]3(O)C4=CC(=O)[C@H]5C[C@@H](O)[C@@H](O)C[C@]5(CCC5CCC(N)NC5)[C@@H]4CC[C@]23C)[C@H]1C. The number of aliphatic hydroxyl groups is 5. The van der Waals surface area contributed by atoms with Gasteiger partial charge in [-0.3, -0.25) is 4.79 Å². The van der Waals surface area contributed by atoms with Gasteiger partial charge in [-0.05, 0) is 131 Å². The number of piperidine rings is 1. The molecule has 8 N–H and O–H groups in total. The van der Waals surface area contributed by atoms with Crippen molar-refractivity contribution in [2.45, 2.75) is 166 Å². The summed E-state index contributed by atoms with van der Waals surface area (Å²) in [4.78, 5) is 14.1. The van der Waals surface area contributed by atoms with E-state index in [4.69, 9.17) is 10.5 Å². The summed E-state index contributed by atoms with van der Waals surface area (Å²) in [5.41, 5.74) is 2.74. The van der Waals surface area contributed by atoms with Gasteiger partial charge in [-0.15, -0.1) is 0 Å². The van der Waals surface area contributed by atoms with Crippen LogP contribution in [-0.4, -0.2) is 86.3 Å². The summed E-state index contributed by atoms with van der Waals surface area (Å²) < 4.78 is 6.23. The maximum absolute atomic E-state index is 14.1. The smallest absolute Gasteiger partial charge is 0.159 e. The molecule has 0 amide bonds. The molecule has 2 aliphatic heterocycles. The van der Waals surface area contributed by atoms with Crippen molar-refractivity contribution in [2.24, 2.45) is 52.1 Å². The Balaban J connectivity index is 1.24. The fourth-order valence-corrected chi connectivity index (χ4v) is 12.1. The van der Waals surface area contributed by atoms with Gasteiger partial charge in [-0.2, -0.15) is 0 Å². The van der Waals surface area contributed by atoms with E-state index >= 15 is 0 Å². The van der Waals surface area contributed by atoms with Gasteiger partial charge in [0.1, 0.15) is 6.10 Å². The second-order valence-electron chi connectivity index (χ2n) is 17.8. The Morgan fingerprint density at radius 1 is 1.08 bits per heavy atom. The summed E-state index contributed by atoms with van der Waals surface area (Å²) in [6, 6.07) is 0. The van der Waals surface area contributed by atoms with Crippen LogP contribution < -0.4 is 11.1 Å². The fraction of sp³-hybridized carbons (Fsp3) is 0.923. The maximum atomic E-state index is 14.1. The van der Waals surface area contributed by atoms with Crippen LogP contribution in [0.3, 0.4) is 0 Å². The summed E-state index contributed by atoms with van der Waals surface area (Å²) >= 11 is 0. The third kappa shape index (κ3) is 6.08. The molecule has 0 radical (unpaired) electrons. The molecule has 0 bridgehead atoms. The molecule has 4 aliphatic carbocycles. The van der Waals surface area contributed by atoms with Crippen molar-refractivity contribution in [2.75, 3.05) is 13.2 Å². The van der Waals surface area contributed by atoms with Gasteiger partial charge in [0.15, 0.2) is 5.78 Å². The number of aliphatic hydroxyl groups excluding tert-OH is 3. The first kappa shape index (κ1) is 36.9. The first-order chi connectivity index (χ1) is 22.7. The van der Waals surface area contributed by atoms with E-state index in [1.54, 1.807) is 13.0 Å². The van der Waals surface area contributed by atoms with E-state index in [1.165, 1.54) is 19.3 Å². The molecule has 2 heterocycles. The molecule has 0 spiro atoms. The highest BCUT2D eigenvalue weighted by atomic mass is 16.5. The van der Waals surface area contributed by atoms with Crippen LogP contribution in [0, 0.1) is 46.3 Å². The zero-order chi connectivity index (χ0) is 34.6. The van der Waals surface area contributed by atoms with Gasteiger partial charge in [0.05, 0.1) is 42.3 Å². The number of ketones is 1. The number of hydrogen-bond donors (Lipinski definition) is 7. The van der Waals surface area contributed by atoms with E-state index < -0.39 is 58.3 Å². The molecule has 0 aromatic carbocycles. The number of unbranched alkanes of at least 4 members (excludes halogenated alkanes) is 3. The molecule has 48 heavy (non-hydrogen) atoms. The lowest BCUT2D eigenvalue weighted by Gasteiger charge is -2.62. The van der Waals surface area contributed by atoms with Crippen molar-refractivity contribution in [3.05, 3.63) is 11.6 Å². The number of rotatable bonds is 11. The lowest BCUT2D eigenvalue weighted by Crippen LogP contribution is -2.64. The van der Waals surface area contributed by atoms with E-state index in [9.17, 15) is 30.3 Å². The summed E-state index contributed by atoms with van der Waals surface area (Å²) in [6.45, 7) is 9.57. The number of fused-ring (bicyclic) bond motifs is 5. The second kappa shape index (κ2) is 13.9. The van der Waals surface area contributed by atoms with Crippen LogP contribution in [0.2, 0.25) is 0 Å². The number of allylic oxidation sites excluding steroid dienone is 1. The summed E-state index contributed by atoms with van der Waals surface area (Å²) in [5.74, 6) is -0.0383. The number of nitrogens with two attached hydrogens (primary N) is 1. The van der Waals surface area contributed by atoms with Gasteiger partial charge in [-0.1, -0.05) is 46.5 Å². The molecule has 274 valence electrons. The van der Waals surface area contributed by atoms with Crippen LogP contribution in [0.25, 0.3) is 0 Å². The lowest BCUT2D eigenvalue weighted by molar-refractivity contribution is -0.196. The van der Waals surface area contributed by atoms with E-state index in [0.717, 1.165) is 57.1 Å². The van der Waals surface area contributed by atoms with Gasteiger partial charge >= 0.3 is 0 Å². The van der Waals surface area contributed by atoms with Gasteiger partial charge in [-0.25, -0.2) is 0 Å². The van der Waals surface area contributed by atoms with Gasteiger partial charge in [0.2, 0.25) is 0 Å². The average Bonchev–Trinajstić information content (AvgIpc) is 3.56. The number of ether oxygens (including phenoxy) is 1. The fourth-order valence-electron chi connectivity index (χ4n) is 12.1. The first-order valence-electron chi connectivity index (χ1n) is 19.5. The highest BCUT2D eigenvalue weighted by Gasteiger charge is 2.70. The Hall–Kier alpha value is -0.910. The van der Waals surface area contributed by atoms with Crippen LogP contribution in [0.4, 0.5) is 0 Å². The van der Waals surface area contributed by atoms with Crippen molar-refractivity contribution < 1.29 is 35.1 Å². The van der Waals surface area contributed by atoms with Crippen molar-refractivity contribution in [1.29, 1.82) is 0 Å². The van der Waals surface area contributed by atoms with Gasteiger partial charge in [0.25, 0.3) is 0 Å². The number of carbonyl (C=O) groups excluding carboxylic acids is 1. The molecule has 6 rings (SSSR count). The van der Waals surface area contributed by atoms with E-state index in [-0.39, 0.29) is 30.2 Å². The van der Waals surface area contributed by atoms with Crippen LogP contribution in [-0.2, 0) is 9.53 Å². The van der Waals surface area contributed by atoms with Crippen LogP contribution >= 0.6 is 0 Å². The van der Waals surface area contributed by atoms with Gasteiger partial charge in [0, 0.05) is 11.3 Å². The molecule has 2 unspecified atom stereocenters. The molecule has 3 saturated carbocycles. The Morgan fingerprint density at radius 3 is 2.56 bits per heavy atom. The Morgan fingerprint density at radius 2 is 1.85 bits per heavy atom. The summed E-state index contributed by atoms with van der Waals surface area (Å²) in [7, 11) is 0. The van der Waals surface area contributed by atoms with Crippen molar-refractivity contribution in [3.8, 4) is 0 Å². The molecule has 15 atom stereocenters. The minimum absolute atomic E-state index is 0.0151. The third-order valence-electron chi connectivity index (χ3n) is 15.2. The zero-order valence-electron chi connectivity index (χ0n) is 30.1. The minimum Gasteiger partial charge on any atom is -0.390 e. The van der Waals surface area contributed by atoms with E-state index in [2.05, 4.69) is 26.1 Å². The zero-order valence-corrected chi connectivity index (χ0v) is 30.1. The normalized spacial score (nSPS) is 47.9. The first-order valence-corrected chi connectivity index (χ1v) is 19.5. The molecule has 9 heteroatoms.